The lowest BCUT2D eigenvalue weighted by Crippen LogP contribution is -2.31. The fourth-order valence-corrected chi connectivity index (χ4v) is 3.26. The molecule has 0 bridgehead atoms. The van der Waals surface area contributed by atoms with Crippen molar-refractivity contribution in [1.82, 2.24) is 9.62 Å². The number of ether oxygens (including phenoxy) is 1. The van der Waals surface area contributed by atoms with Crippen LogP contribution >= 0.6 is 0 Å². The first kappa shape index (κ1) is 19.9. The Labute approximate surface area is 154 Å². The number of sulfonamides is 1. The number of carbonyl (C=O) groups excluding carboxylic acids is 1. The number of hydrogen-bond donors (Lipinski definition) is 1. The first-order valence-corrected chi connectivity index (χ1v) is 9.65. The van der Waals surface area contributed by atoms with E-state index >= 15 is 0 Å². The van der Waals surface area contributed by atoms with Crippen LogP contribution < -0.4 is 10.1 Å². The minimum absolute atomic E-state index is 0.0825. The average molecular weight is 376 g/mol. The van der Waals surface area contributed by atoms with Crippen LogP contribution in [-0.4, -0.2) is 39.3 Å². The Kier molecular flexibility index (Phi) is 6.39. The lowest BCUT2D eigenvalue weighted by atomic mass is 10.1. The second-order valence-corrected chi connectivity index (χ2v) is 8.40. The molecule has 0 heterocycles. The summed E-state index contributed by atoms with van der Waals surface area (Å²) in [5.74, 6) is 0.398. The molecule has 0 fully saturated rings. The van der Waals surface area contributed by atoms with Crippen molar-refractivity contribution in [3.8, 4) is 5.75 Å². The molecular formula is C19H24N2O4S. The summed E-state index contributed by atoms with van der Waals surface area (Å²) in [6.07, 6.45) is 0. The molecule has 2 rings (SSSR count). The molecular weight excluding hydrogens is 352 g/mol. The van der Waals surface area contributed by atoms with Crippen molar-refractivity contribution in [3.63, 3.8) is 0 Å². The predicted octanol–water partition coefficient (Wildman–Crippen LogP) is 2.50. The molecule has 0 radical (unpaired) electrons. The molecule has 0 aromatic heterocycles. The highest BCUT2D eigenvalue weighted by molar-refractivity contribution is 7.89. The van der Waals surface area contributed by atoms with Gasteiger partial charge in [0.2, 0.25) is 10.0 Å². The van der Waals surface area contributed by atoms with Crippen molar-refractivity contribution in [2.75, 3.05) is 20.7 Å². The Morgan fingerprint density at radius 2 is 1.81 bits per heavy atom. The van der Waals surface area contributed by atoms with Gasteiger partial charge in [-0.3, -0.25) is 4.79 Å². The Bertz CT molecular complexity index is 861. The standard InChI is InChI=1S/C19H24N2O4S/c1-14-6-5-7-17(12-14)25-13-19(22)20-15(2)16-8-10-18(11-9-16)26(23,24)21(3)4/h5-12,15H,13H2,1-4H3,(H,20,22). The summed E-state index contributed by atoms with van der Waals surface area (Å²) < 4.78 is 30.8. The SMILES string of the molecule is Cc1cccc(OCC(=O)NC(C)c2ccc(S(=O)(=O)N(C)C)cc2)c1. The van der Waals surface area contributed by atoms with E-state index in [2.05, 4.69) is 5.32 Å². The van der Waals surface area contributed by atoms with Crippen LogP contribution in [0.1, 0.15) is 24.1 Å². The minimum Gasteiger partial charge on any atom is -0.484 e. The molecule has 0 aliphatic carbocycles. The smallest absolute Gasteiger partial charge is 0.258 e. The van der Waals surface area contributed by atoms with Crippen LogP contribution in [0.15, 0.2) is 53.4 Å². The summed E-state index contributed by atoms with van der Waals surface area (Å²) in [5.41, 5.74) is 1.87. The highest BCUT2D eigenvalue weighted by Gasteiger charge is 2.17. The summed E-state index contributed by atoms with van der Waals surface area (Å²) in [6.45, 7) is 3.70. The highest BCUT2D eigenvalue weighted by atomic mass is 32.2. The quantitative estimate of drug-likeness (QED) is 0.806. The maximum atomic E-state index is 12.1. The number of carbonyl (C=O) groups is 1. The van der Waals surface area contributed by atoms with Gasteiger partial charge in [-0.25, -0.2) is 12.7 Å². The predicted molar refractivity (Wildman–Crippen MR) is 101 cm³/mol. The van der Waals surface area contributed by atoms with Crippen LogP contribution in [0.2, 0.25) is 0 Å². The van der Waals surface area contributed by atoms with Crippen LogP contribution in [0.4, 0.5) is 0 Å². The first-order valence-electron chi connectivity index (χ1n) is 8.21. The fraction of sp³-hybridized carbons (Fsp3) is 0.316. The first-order chi connectivity index (χ1) is 12.2. The zero-order valence-corrected chi connectivity index (χ0v) is 16.2. The molecule has 6 nitrogen and oxygen atoms in total. The lowest BCUT2D eigenvalue weighted by Gasteiger charge is -2.16. The summed E-state index contributed by atoms with van der Waals surface area (Å²) in [4.78, 5) is 12.3. The Morgan fingerprint density at radius 3 is 2.38 bits per heavy atom. The Balaban J connectivity index is 1.94. The van der Waals surface area contributed by atoms with Gasteiger partial charge in [-0.15, -0.1) is 0 Å². The third-order valence-corrected chi connectivity index (χ3v) is 5.72. The zero-order chi connectivity index (χ0) is 19.3. The molecule has 1 unspecified atom stereocenters. The van der Waals surface area contributed by atoms with Crippen LogP contribution in [0, 0.1) is 6.92 Å². The average Bonchev–Trinajstić information content (AvgIpc) is 2.60. The Morgan fingerprint density at radius 1 is 1.15 bits per heavy atom. The van der Waals surface area contributed by atoms with Gasteiger partial charge in [0.1, 0.15) is 5.75 Å². The van der Waals surface area contributed by atoms with E-state index in [1.807, 2.05) is 32.0 Å². The maximum Gasteiger partial charge on any atom is 0.258 e. The molecule has 2 aromatic carbocycles. The maximum absolute atomic E-state index is 12.1. The van der Waals surface area contributed by atoms with E-state index < -0.39 is 10.0 Å². The van der Waals surface area contributed by atoms with Gasteiger partial charge >= 0.3 is 0 Å². The number of aryl methyl sites for hydroxylation is 1. The van der Waals surface area contributed by atoms with Gasteiger partial charge in [-0.05, 0) is 49.2 Å². The summed E-state index contributed by atoms with van der Waals surface area (Å²) >= 11 is 0. The van der Waals surface area contributed by atoms with Gasteiger partial charge < -0.3 is 10.1 Å². The highest BCUT2D eigenvalue weighted by Crippen LogP contribution is 2.18. The van der Waals surface area contributed by atoms with Crippen LogP contribution in [0.3, 0.4) is 0 Å². The van der Waals surface area contributed by atoms with E-state index in [-0.39, 0.29) is 23.5 Å². The second-order valence-electron chi connectivity index (χ2n) is 6.25. The topological polar surface area (TPSA) is 75.7 Å². The normalized spacial score (nSPS) is 12.7. The van der Waals surface area contributed by atoms with E-state index in [9.17, 15) is 13.2 Å². The molecule has 1 atom stereocenters. The molecule has 2 aromatic rings. The van der Waals surface area contributed by atoms with Gasteiger partial charge in [0.15, 0.2) is 6.61 Å². The van der Waals surface area contributed by atoms with E-state index in [4.69, 9.17) is 4.74 Å². The van der Waals surface area contributed by atoms with Crippen molar-refractivity contribution >= 4 is 15.9 Å². The summed E-state index contributed by atoms with van der Waals surface area (Å²) in [5, 5.41) is 2.84. The van der Waals surface area contributed by atoms with Gasteiger partial charge in [0.05, 0.1) is 10.9 Å². The largest absolute Gasteiger partial charge is 0.484 e. The molecule has 0 aliphatic heterocycles. The number of nitrogens with zero attached hydrogens (tertiary/aromatic N) is 1. The molecule has 26 heavy (non-hydrogen) atoms. The summed E-state index contributed by atoms with van der Waals surface area (Å²) in [6, 6.07) is 13.7. The van der Waals surface area contributed by atoms with Gasteiger partial charge in [-0.2, -0.15) is 0 Å². The zero-order valence-electron chi connectivity index (χ0n) is 15.4. The fourth-order valence-electron chi connectivity index (χ4n) is 2.36. The lowest BCUT2D eigenvalue weighted by molar-refractivity contribution is -0.123. The van der Waals surface area contributed by atoms with Crippen molar-refractivity contribution in [2.24, 2.45) is 0 Å². The Hall–Kier alpha value is -2.38. The van der Waals surface area contributed by atoms with Crippen molar-refractivity contribution < 1.29 is 17.9 Å². The van der Waals surface area contributed by atoms with Crippen LogP contribution in [0.25, 0.3) is 0 Å². The number of benzene rings is 2. The van der Waals surface area contributed by atoms with Gasteiger partial charge in [0, 0.05) is 14.1 Å². The monoisotopic (exact) mass is 376 g/mol. The molecule has 1 N–H and O–H groups in total. The minimum atomic E-state index is -3.46. The molecule has 0 saturated heterocycles. The van der Waals surface area contributed by atoms with E-state index in [0.29, 0.717) is 5.75 Å². The number of hydrogen-bond acceptors (Lipinski definition) is 4. The van der Waals surface area contributed by atoms with Crippen LogP contribution in [0.5, 0.6) is 5.75 Å². The molecule has 140 valence electrons. The molecule has 0 saturated carbocycles. The van der Waals surface area contributed by atoms with Crippen molar-refractivity contribution in [1.29, 1.82) is 0 Å². The molecule has 0 spiro atoms. The van der Waals surface area contributed by atoms with Crippen molar-refractivity contribution in [2.45, 2.75) is 24.8 Å². The van der Waals surface area contributed by atoms with Crippen LogP contribution in [-0.2, 0) is 14.8 Å². The summed E-state index contributed by atoms with van der Waals surface area (Å²) in [7, 11) is -0.486. The number of nitrogens with one attached hydrogen (secondary N) is 1. The van der Waals surface area contributed by atoms with E-state index in [0.717, 1.165) is 15.4 Å². The molecule has 7 heteroatoms. The second kappa shape index (κ2) is 8.33. The van der Waals surface area contributed by atoms with Gasteiger partial charge in [0.25, 0.3) is 5.91 Å². The number of rotatable bonds is 7. The molecule has 0 aliphatic rings. The number of amides is 1. The van der Waals surface area contributed by atoms with Crippen molar-refractivity contribution in [3.05, 3.63) is 59.7 Å². The molecule has 1 amide bonds. The third kappa shape index (κ3) is 5.06. The third-order valence-electron chi connectivity index (χ3n) is 3.90. The van der Waals surface area contributed by atoms with E-state index in [1.54, 1.807) is 18.2 Å². The van der Waals surface area contributed by atoms with E-state index in [1.165, 1.54) is 26.2 Å². The van der Waals surface area contributed by atoms with Gasteiger partial charge in [-0.1, -0.05) is 24.3 Å².